The maximum Gasteiger partial charge on any atom is 0.253 e. The third-order valence-electron chi connectivity index (χ3n) is 2.86. The molecular formula is C14H21NO2. The van der Waals surface area contributed by atoms with E-state index in [4.69, 9.17) is 0 Å². The molecule has 0 aliphatic heterocycles. The van der Waals surface area contributed by atoms with Gasteiger partial charge < -0.3 is 10.0 Å². The summed E-state index contributed by atoms with van der Waals surface area (Å²) >= 11 is 0. The van der Waals surface area contributed by atoms with E-state index in [9.17, 15) is 9.90 Å². The third kappa shape index (κ3) is 3.86. The van der Waals surface area contributed by atoms with Crippen molar-refractivity contribution in [3.8, 4) is 0 Å². The second kappa shape index (κ2) is 6.40. The predicted octanol–water partition coefficient (Wildman–Crippen LogP) is 2.09. The zero-order valence-electron chi connectivity index (χ0n) is 10.8. The van der Waals surface area contributed by atoms with E-state index in [0.29, 0.717) is 13.0 Å². The number of carbonyl (C=O) groups excluding carboxylic acids is 1. The Morgan fingerprint density at radius 2 is 2.06 bits per heavy atom. The Balaban J connectivity index is 2.74. The molecule has 0 aliphatic carbocycles. The van der Waals surface area contributed by atoms with Gasteiger partial charge in [0, 0.05) is 19.2 Å². The number of aliphatic hydroxyl groups excluding tert-OH is 1. The fourth-order valence-corrected chi connectivity index (χ4v) is 1.72. The van der Waals surface area contributed by atoms with Crippen LogP contribution in [0.15, 0.2) is 24.3 Å². The molecule has 0 aliphatic rings. The Morgan fingerprint density at radius 1 is 1.41 bits per heavy atom. The molecule has 1 aromatic rings. The van der Waals surface area contributed by atoms with Crippen LogP contribution in [0.2, 0.25) is 0 Å². The van der Waals surface area contributed by atoms with E-state index in [1.165, 1.54) is 0 Å². The summed E-state index contributed by atoms with van der Waals surface area (Å²) in [5, 5.41) is 9.22. The van der Waals surface area contributed by atoms with E-state index in [1.807, 2.05) is 31.2 Å². The molecule has 1 rings (SSSR count). The summed E-state index contributed by atoms with van der Waals surface area (Å²) in [6, 6.07) is 7.68. The number of aliphatic hydroxyl groups is 1. The molecule has 3 heteroatoms. The minimum absolute atomic E-state index is 0.0306. The van der Waals surface area contributed by atoms with Crippen LogP contribution in [-0.2, 0) is 6.42 Å². The molecule has 0 spiro atoms. The van der Waals surface area contributed by atoms with E-state index in [1.54, 1.807) is 18.9 Å². The van der Waals surface area contributed by atoms with Gasteiger partial charge in [0.15, 0.2) is 0 Å². The normalized spacial score (nSPS) is 12.2. The highest BCUT2D eigenvalue weighted by Crippen LogP contribution is 2.12. The summed E-state index contributed by atoms with van der Waals surface area (Å²) in [7, 11) is 1.77. The SMILES string of the molecule is CCc1ccccc1C(=O)N(C)CCC(C)O. The number of hydrogen-bond donors (Lipinski definition) is 1. The molecule has 1 atom stereocenters. The first-order chi connectivity index (χ1) is 8.06. The first-order valence-corrected chi connectivity index (χ1v) is 6.07. The molecule has 0 radical (unpaired) electrons. The van der Waals surface area contributed by atoms with Crippen molar-refractivity contribution in [1.29, 1.82) is 0 Å². The molecule has 17 heavy (non-hydrogen) atoms. The van der Waals surface area contributed by atoms with Gasteiger partial charge in [-0.1, -0.05) is 25.1 Å². The van der Waals surface area contributed by atoms with E-state index in [-0.39, 0.29) is 12.0 Å². The maximum absolute atomic E-state index is 12.2. The number of hydrogen-bond acceptors (Lipinski definition) is 2. The molecule has 0 fully saturated rings. The third-order valence-corrected chi connectivity index (χ3v) is 2.86. The minimum atomic E-state index is -0.369. The van der Waals surface area contributed by atoms with Gasteiger partial charge in [0.25, 0.3) is 5.91 Å². The number of aryl methyl sites for hydroxylation is 1. The van der Waals surface area contributed by atoms with Crippen LogP contribution in [0.4, 0.5) is 0 Å². The number of carbonyl (C=O) groups is 1. The average Bonchev–Trinajstić information content (AvgIpc) is 2.34. The van der Waals surface area contributed by atoms with Crippen molar-refractivity contribution in [3.05, 3.63) is 35.4 Å². The molecular weight excluding hydrogens is 214 g/mol. The topological polar surface area (TPSA) is 40.5 Å². The minimum Gasteiger partial charge on any atom is -0.393 e. The largest absolute Gasteiger partial charge is 0.393 e. The van der Waals surface area contributed by atoms with Gasteiger partial charge in [-0.2, -0.15) is 0 Å². The lowest BCUT2D eigenvalue weighted by molar-refractivity contribution is 0.0768. The fraction of sp³-hybridized carbons (Fsp3) is 0.500. The van der Waals surface area contributed by atoms with Gasteiger partial charge in [-0.05, 0) is 31.4 Å². The highest BCUT2D eigenvalue weighted by atomic mass is 16.3. The molecule has 1 aromatic carbocycles. The number of benzene rings is 1. The Hall–Kier alpha value is -1.35. The highest BCUT2D eigenvalue weighted by Gasteiger charge is 2.14. The molecule has 1 N–H and O–H groups in total. The van der Waals surface area contributed by atoms with Crippen LogP contribution in [0.25, 0.3) is 0 Å². The maximum atomic E-state index is 12.2. The predicted molar refractivity (Wildman–Crippen MR) is 69.1 cm³/mol. The van der Waals surface area contributed by atoms with Crippen molar-refractivity contribution in [1.82, 2.24) is 4.90 Å². The summed E-state index contributed by atoms with van der Waals surface area (Å²) in [4.78, 5) is 13.8. The van der Waals surface area contributed by atoms with Crippen LogP contribution in [0.3, 0.4) is 0 Å². The molecule has 0 heterocycles. The lowest BCUT2D eigenvalue weighted by atomic mass is 10.0. The van der Waals surface area contributed by atoms with Crippen molar-refractivity contribution >= 4 is 5.91 Å². The quantitative estimate of drug-likeness (QED) is 0.849. The molecule has 94 valence electrons. The number of rotatable bonds is 5. The Kier molecular flexibility index (Phi) is 5.16. The van der Waals surface area contributed by atoms with Gasteiger partial charge in [0.2, 0.25) is 0 Å². The summed E-state index contributed by atoms with van der Waals surface area (Å²) in [5.41, 5.74) is 1.84. The zero-order chi connectivity index (χ0) is 12.8. The van der Waals surface area contributed by atoms with Crippen LogP contribution in [0.5, 0.6) is 0 Å². The summed E-state index contributed by atoms with van der Waals surface area (Å²) < 4.78 is 0. The summed E-state index contributed by atoms with van der Waals surface area (Å²) in [5.74, 6) is 0.0306. The number of amides is 1. The van der Waals surface area contributed by atoms with Crippen LogP contribution in [0.1, 0.15) is 36.2 Å². The lowest BCUT2D eigenvalue weighted by Gasteiger charge is -2.19. The zero-order valence-corrected chi connectivity index (χ0v) is 10.8. The molecule has 0 saturated heterocycles. The van der Waals surface area contributed by atoms with Crippen molar-refractivity contribution in [3.63, 3.8) is 0 Å². The van der Waals surface area contributed by atoms with Crippen LogP contribution < -0.4 is 0 Å². The monoisotopic (exact) mass is 235 g/mol. The Bertz CT molecular complexity index is 374. The van der Waals surface area contributed by atoms with Gasteiger partial charge in [0.1, 0.15) is 0 Å². The van der Waals surface area contributed by atoms with Crippen LogP contribution >= 0.6 is 0 Å². The molecule has 1 amide bonds. The average molecular weight is 235 g/mol. The number of nitrogens with zero attached hydrogens (tertiary/aromatic N) is 1. The Morgan fingerprint density at radius 3 is 2.65 bits per heavy atom. The first kappa shape index (κ1) is 13.7. The fourth-order valence-electron chi connectivity index (χ4n) is 1.72. The van der Waals surface area contributed by atoms with Crippen molar-refractivity contribution in [2.24, 2.45) is 0 Å². The molecule has 0 saturated carbocycles. The highest BCUT2D eigenvalue weighted by molar-refractivity contribution is 5.95. The first-order valence-electron chi connectivity index (χ1n) is 6.07. The van der Waals surface area contributed by atoms with Gasteiger partial charge in [-0.15, -0.1) is 0 Å². The molecule has 3 nitrogen and oxygen atoms in total. The molecule has 0 bridgehead atoms. The van der Waals surface area contributed by atoms with E-state index in [0.717, 1.165) is 17.5 Å². The lowest BCUT2D eigenvalue weighted by Crippen LogP contribution is -2.30. The summed E-state index contributed by atoms with van der Waals surface area (Å²) in [6.07, 6.45) is 1.09. The van der Waals surface area contributed by atoms with E-state index in [2.05, 4.69) is 0 Å². The van der Waals surface area contributed by atoms with Crippen molar-refractivity contribution < 1.29 is 9.90 Å². The molecule has 1 unspecified atom stereocenters. The van der Waals surface area contributed by atoms with E-state index >= 15 is 0 Å². The molecule has 0 aromatic heterocycles. The van der Waals surface area contributed by atoms with Gasteiger partial charge in [-0.25, -0.2) is 0 Å². The van der Waals surface area contributed by atoms with Crippen LogP contribution in [-0.4, -0.2) is 35.6 Å². The van der Waals surface area contributed by atoms with E-state index < -0.39 is 0 Å². The summed E-state index contributed by atoms with van der Waals surface area (Å²) in [6.45, 7) is 4.36. The van der Waals surface area contributed by atoms with Gasteiger partial charge in [0.05, 0.1) is 6.10 Å². The van der Waals surface area contributed by atoms with Gasteiger partial charge in [-0.3, -0.25) is 4.79 Å². The van der Waals surface area contributed by atoms with Crippen LogP contribution in [0, 0.1) is 0 Å². The van der Waals surface area contributed by atoms with Gasteiger partial charge >= 0.3 is 0 Å². The van der Waals surface area contributed by atoms with Crippen molar-refractivity contribution in [2.45, 2.75) is 32.8 Å². The van der Waals surface area contributed by atoms with Crippen molar-refractivity contribution in [2.75, 3.05) is 13.6 Å². The second-order valence-electron chi connectivity index (χ2n) is 4.38. The second-order valence-corrected chi connectivity index (χ2v) is 4.38. The smallest absolute Gasteiger partial charge is 0.253 e. The Labute approximate surface area is 103 Å². The standard InChI is InChI=1S/C14H21NO2/c1-4-12-7-5-6-8-13(12)14(17)15(3)10-9-11(2)16/h5-8,11,16H,4,9-10H2,1-3H3.